The first kappa shape index (κ1) is 12.8. The second-order valence-electron chi connectivity index (χ2n) is 3.31. The van der Waals surface area contributed by atoms with Crippen LogP contribution in [0.25, 0.3) is 0 Å². The van der Waals surface area contributed by atoms with Crippen LogP contribution >= 0.6 is 11.8 Å². The molecule has 0 saturated heterocycles. The third kappa shape index (κ3) is 4.08. The zero-order valence-electron chi connectivity index (χ0n) is 9.01. The quantitative estimate of drug-likeness (QED) is 0.610. The van der Waals surface area contributed by atoms with E-state index in [4.69, 9.17) is 10.2 Å². The van der Waals surface area contributed by atoms with E-state index >= 15 is 0 Å². The summed E-state index contributed by atoms with van der Waals surface area (Å²) < 4.78 is 0. The van der Waals surface area contributed by atoms with E-state index in [1.54, 1.807) is 24.8 Å². The Kier molecular flexibility index (Phi) is 5.08. The average molecular weight is 238 g/mol. The predicted molar refractivity (Wildman–Crippen MR) is 64.5 cm³/mol. The van der Waals surface area contributed by atoms with Gasteiger partial charge in [-0.05, 0) is 24.6 Å². The molecule has 0 aliphatic carbocycles. The highest BCUT2D eigenvalue weighted by Crippen LogP contribution is 2.19. The second kappa shape index (κ2) is 6.35. The normalized spacial score (nSPS) is 11.5. The predicted octanol–water partition coefficient (Wildman–Crippen LogP) is 2.30. The van der Waals surface area contributed by atoms with Crippen LogP contribution in [0.4, 0.5) is 0 Å². The van der Waals surface area contributed by atoms with Gasteiger partial charge in [0.05, 0.1) is 6.61 Å². The van der Waals surface area contributed by atoms with E-state index in [-0.39, 0.29) is 6.61 Å². The molecule has 16 heavy (non-hydrogen) atoms. The first-order valence-electron chi connectivity index (χ1n) is 4.86. The third-order valence-corrected chi connectivity index (χ3v) is 3.02. The van der Waals surface area contributed by atoms with E-state index in [0.29, 0.717) is 11.3 Å². The van der Waals surface area contributed by atoms with Crippen molar-refractivity contribution in [2.75, 3.05) is 5.75 Å². The topological polar surface area (TPSA) is 57.5 Å². The molecule has 0 aliphatic heterocycles. The van der Waals surface area contributed by atoms with Gasteiger partial charge in [0.25, 0.3) is 0 Å². The fourth-order valence-electron chi connectivity index (χ4n) is 1.04. The van der Waals surface area contributed by atoms with E-state index in [0.717, 1.165) is 10.5 Å². The maximum Gasteiger partial charge on any atom is 0.330 e. The highest BCUT2D eigenvalue weighted by Gasteiger charge is 1.99. The number of aliphatic hydroxyl groups is 1. The van der Waals surface area contributed by atoms with Gasteiger partial charge >= 0.3 is 5.97 Å². The minimum atomic E-state index is -0.878. The number of rotatable bonds is 5. The Morgan fingerprint density at radius 1 is 1.38 bits per heavy atom. The van der Waals surface area contributed by atoms with Crippen LogP contribution in [0.1, 0.15) is 12.5 Å². The highest BCUT2D eigenvalue weighted by atomic mass is 32.2. The molecule has 0 aliphatic rings. The molecule has 0 unspecified atom stereocenters. The van der Waals surface area contributed by atoms with Crippen molar-refractivity contribution in [1.29, 1.82) is 0 Å². The molecule has 0 atom stereocenters. The largest absolute Gasteiger partial charge is 0.478 e. The fourth-order valence-corrected chi connectivity index (χ4v) is 1.90. The first-order chi connectivity index (χ1) is 7.63. The minimum Gasteiger partial charge on any atom is -0.478 e. The van der Waals surface area contributed by atoms with E-state index < -0.39 is 5.97 Å². The molecule has 0 radical (unpaired) electrons. The number of aliphatic carboxylic acids is 1. The number of hydrogen-bond donors (Lipinski definition) is 2. The summed E-state index contributed by atoms with van der Waals surface area (Å²) >= 11 is 1.56. The lowest BCUT2D eigenvalue weighted by Crippen LogP contribution is -1.96. The molecule has 0 saturated carbocycles. The lowest BCUT2D eigenvalue weighted by Gasteiger charge is -2.00. The smallest absolute Gasteiger partial charge is 0.330 e. The van der Waals surface area contributed by atoms with Crippen LogP contribution in [0.15, 0.2) is 40.8 Å². The fraction of sp³-hybridized carbons (Fsp3) is 0.250. The molecule has 0 bridgehead atoms. The van der Waals surface area contributed by atoms with Gasteiger partial charge in [-0.15, -0.1) is 11.8 Å². The second-order valence-corrected chi connectivity index (χ2v) is 4.40. The van der Waals surface area contributed by atoms with Crippen molar-refractivity contribution in [1.82, 2.24) is 0 Å². The van der Waals surface area contributed by atoms with Gasteiger partial charge in [0, 0.05) is 16.2 Å². The average Bonchev–Trinajstić information content (AvgIpc) is 2.29. The minimum absolute atomic E-state index is 0.0446. The van der Waals surface area contributed by atoms with Crippen LogP contribution in [-0.4, -0.2) is 21.9 Å². The van der Waals surface area contributed by atoms with Gasteiger partial charge in [-0.1, -0.05) is 18.2 Å². The zero-order valence-corrected chi connectivity index (χ0v) is 9.83. The van der Waals surface area contributed by atoms with Crippen LogP contribution in [-0.2, 0) is 11.4 Å². The molecule has 0 heterocycles. The van der Waals surface area contributed by atoms with Crippen molar-refractivity contribution in [3.63, 3.8) is 0 Å². The van der Waals surface area contributed by atoms with Gasteiger partial charge < -0.3 is 10.2 Å². The van der Waals surface area contributed by atoms with E-state index in [2.05, 4.69) is 0 Å². The van der Waals surface area contributed by atoms with Crippen molar-refractivity contribution in [3.05, 3.63) is 41.5 Å². The number of hydrogen-bond acceptors (Lipinski definition) is 3. The summed E-state index contributed by atoms with van der Waals surface area (Å²) in [6.45, 7) is 1.63. The molecule has 1 aromatic carbocycles. The molecule has 1 rings (SSSR count). The Hall–Kier alpha value is -1.26. The van der Waals surface area contributed by atoms with Crippen molar-refractivity contribution in [2.24, 2.45) is 0 Å². The molecule has 0 fully saturated rings. The lowest BCUT2D eigenvalue weighted by atomic mass is 10.2. The lowest BCUT2D eigenvalue weighted by molar-refractivity contribution is -0.132. The van der Waals surface area contributed by atoms with E-state index in [1.807, 2.05) is 24.3 Å². The Morgan fingerprint density at radius 3 is 2.50 bits per heavy atom. The number of benzene rings is 1. The SMILES string of the molecule is C/C(=C/CSc1ccc(CO)cc1)C(=O)O. The maximum absolute atomic E-state index is 10.5. The maximum atomic E-state index is 10.5. The molecule has 0 spiro atoms. The highest BCUT2D eigenvalue weighted by molar-refractivity contribution is 7.99. The number of aliphatic hydroxyl groups excluding tert-OH is 1. The van der Waals surface area contributed by atoms with Crippen LogP contribution in [0.5, 0.6) is 0 Å². The van der Waals surface area contributed by atoms with Gasteiger partial charge in [0.1, 0.15) is 0 Å². The molecule has 4 heteroatoms. The number of carboxylic acid groups (broad SMARTS) is 1. The molecule has 3 nitrogen and oxygen atoms in total. The summed E-state index contributed by atoms with van der Waals surface area (Å²) in [5.74, 6) is -0.243. The van der Waals surface area contributed by atoms with Crippen molar-refractivity contribution in [3.8, 4) is 0 Å². The number of carbonyl (C=O) groups is 1. The van der Waals surface area contributed by atoms with Crippen LogP contribution in [0.3, 0.4) is 0 Å². The summed E-state index contributed by atoms with van der Waals surface area (Å²) in [4.78, 5) is 11.6. The third-order valence-electron chi connectivity index (χ3n) is 2.08. The zero-order chi connectivity index (χ0) is 12.0. The Morgan fingerprint density at radius 2 is 2.00 bits per heavy atom. The van der Waals surface area contributed by atoms with Gasteiger partial charge in [0.15, 0.2) is 0 Å². The Bertz CT molecular complexity index is 382. The van der Waals surface area contributed by atoms with E-state index in [9.17, 15) is 4.79 Å². The summed E-state index contributed by atoms with van der Waals surface area (Å²) in [6.07, 6.45) is 1.69. The van der Waals surface area contributed by atoms with Crippen LogP contribution in [0.2, 0.25) is 0 Å². The molecule has 0 amide bonds. The van der Waals surface area contributed by atoms with Crippen LogP contribution < -0.4 is 0 Å². The molecule has 2 N–H and O–H groups in total. The van der Waals surface area contributed by atoms with Gasteiger partial charge in [0.2, 0.25) is 0 Å². The van der Waals surface area contributed by atoms with Gasteiger partial charge in [-0.3, -0.25) is 0 Å². The van der Waals surface area contributed by atoms with Gasteiger partial charge in [-0.2, -0.15) is 0 Å². The summed E-state index contributed by atoms with van der Waals surface area (Å²) in [5, 5.41) is 17.5. The molecular formula is C12H14O3S. The van der Waals surface area contributed by atoms with Crippen molar-refractivity contribution >= 4 is 17.7 Å². The first-order valence-corrected chi connectivity index (χ1v) is 5.84. The summed E-state index contributed by atoms with van der Waals surface area (Å²) in [6, 6.07) is 7.55. The monoisotopic (exact) mass is 238 g/mol. The van der Waals surface area contributed by atoms with Crippen molar-refractivity contribution in [2.45, 2.75) is 18.4 Å². The molecular weight excluding hydrogens is 224 g/mol. The Labute approximate surface area is 98.8 Å². The summed E-state index contributed by atoms with van der Waals surface area (Å²) in [7, 11) is 0. The number of carboxylic acids is 1. The Balaban J connectivity index is 2.49. The summed E-state index contributed by atoms with van der Waals surface area (Å²) in [5.41, 5.74) is 1.24. The molecule has 1 aromatic rings. The standard InChI is InChI=1S/C12H14O3S/c1-9(12(14)15)6-7-16-11-4-2-10(8-13)3-5-11/h2-6,13H,7-8H2,1H3,(H,14,15)/b9-6-. The molecule has 0 aromatic heterocycles. The van der Waals surface area contributed by atoms with Crippen LogP contribution in [0, 0.1) is 0 Å². The number of thioether (sulfide) groups is 1. The van der Waals surface area contributed by atoms with E-state index in [1.165, 1.54) is 0 Å². The molecule has 86 valence electrons. The van der Waals surface area contributed by atoms with Gasteiger partial charge in [-0.25, -0.2) is 4.79 Å². The van der Waals surface area contributed by atoms with Crippen molar-refractivity contribution < 1.29 is 15.0 Å².